The predicted molar refractivity (Wildman–Crippen MR) is 127 cm³/mol. The number of nitrogens with one attached hydrogen (secondary N) is 1. The lowest BCUT2D eigenvalue weighted by Gasteiger charge is -2.36. The number of carbonyl (C=O) groups excluding carboxylic acids is 2. The second-order valence-corrected chi connectivity index (χ2v) is 7.00. The molecule has 0 aromatic heterocycles. The van der Waals surface area contributed by atoms with Gasteiger partial charge in [0.05, 0.1) is 0 Å². The monoisotopic (exact) mass is 452 g/mol. The Kier molecular flexibility index (Phi) is 11.1. The number of nitrogens with two attached hydrogens (primary N) is 1. The summed E-state index contributed by atoms with van der Waals surface area (Å²) in [6, 6.07) is 17.8. The Hall–Kier alpha value is -2.44. The highest BCUT2D eigenvalue weighted by atomic mass is 35.5. The number of amides is 2. The van der Waals surface area contributed by atoms with Crippen LogP contribution in [0.2, 0.25) is 0 Å². The van der Waals surface area contributed by atoms with Crippen LogP contribution in [-0.4, -0.2) is 49.4 Å². The van der Waals surface area contributed by atoms with Gasteiger partial charge in [-0.25, -0.2) is 0 Å². The number of benzene rings is 2. The second kappa shape index (κ2) is 13.0. The molecule has 1 aliphatic rings. The van der Waals surface area contributed by atoms with Crippen molar-refractivity contribution in [3.05, 3.63) is 60.2 Å². The molecular weight excluding hydrogens is 423 g/mol. The molecule has 30 heavy (non-hydrogen) atoms. The molecule has 1 saturated heterocycles. The van der Waals surface area contributed by atoms with E-state index in [0.29, 0.717) is 31.5 Å². The van der Waals surface area contributed by atoms with Gasteiger partial charge >= 0.3 is 0 Å². The van der Waals surface area contributed by atoms with Gasteiger partial charge in [0.1, 0.15) is 0 Å². The van der Waals surface area contributed by atoms with Crippen LogP contribution in [0.1, 0.15) is 18.4 Å². The van der Waals surface area contributed by atoms with Crippen molar-refractivity contribution in [2.75, 3.05) is 43.4 Å². The Labute approximate surface area is 190 Å². The van der Waals surface area contributed by atoms with Crippen LogP contribution < -0.4 is 16.0 Å². The zero-order chi connectivity index (χ0) is 19.8. The molecule has 3 N–H and O–H groups in total. The smallest absolute Gasteiger partial charge is 0.224 e. The molecule has 8 heteroatoms. The van der Waals surface area contributed by atoms with E-state index in [1.54, 1.807) is 0 Å². The van der Waals surface area contributed by atoms with E-state index in [4.69, 9.17) is 5.73 Å². The minimum Gasteiger partial charge on any atom is -0.399 e. The summed E-state index contributed by atoms with van der Waals surface area (Å²) in [5.41, 5.74) is 8.77. The minimum absolute atomic E-state index is 0. The first-order valence-electron chi connectivity index (χ1n) is 9.81. The van der Waals surface area contributed by atoms with Crippen LogP contribution in [0.5, 0.6) is 0 Å². The first-order valence-corrected chi connectivity index (χ1v) is 9.81. The lowest BCUT2D eigenvalue weighted by atomic mass is 10.1. The number of carbonyl (C=O) groups is 2. The first kappa shape index (κ1) is 25.6. The van der Waals surface area contributed by atoms with Gasteiger partial charge in [0.2, 0.25) is 11.8 Å². The summed E-state index contributed by atoms with van der Waals surface area (Å²) >= 11 is 0. The van der Waals surface area contributed by atoms with Gasteiger partial charge < -0.3 is 20.9 Å². The van der Waals surface area contributed by atoms with Gasteiger partial charge in [-0.2, -0.15) is 0 Å². The highest BCUT2D eigenvalue weighted by Crippen LogP contribution is 2.16. The molecule has 1 aliphatic heterocycles. The minimum atomic E-state index is -0.0510. The highest BCUT2D eigenvalue weighted by molar-refractivity contribution is 5.85. The number of hydrogen-bond donors (Lipinski definition) is 2. The summed E-state index contributed by atoms with van der Waals surface area (Å²) in [7, 11) is 0. The van der Waals surface area contributed by atoms with Crippen LogP contribution in [0.3, 0.4) is 0 Å². The molecule has 2 aromatic rings. The fraction of sp³-hybridized carbons (Fsp3) is 0.364. The molecule has 0 spiro atoms. The summed E-state index contributed by atoms with van der Waals surface area (Å²) in [4.78, 5) is 28.6. The Morgan fingerprint density at radius 3 is 2.17 bits per heavy atom. The number of para-hydroxylation sites is 2. The number of hydrogen-bond acceptors (Lipinski definition) is 4. The zero-order valence-electron chi connectivity index (χ0n) is 17.0. The number of anilines is 2. The fourth-order valence-corrected chi connectivity index (χ4v) is 3.42. The molecule has 2 aromatic carbocycles. The first-order chi connectivity index (χ1) is 13.6. The number of piperazine rings is 1. The van der Waals surface area contributed by atoms with Gasteiger partial charge in [-0.05, 0) is 30.2 Å². The number of aryl methyl sites for hydroxylation is 1. The molecule has 0 radical (unpaired) electrons. The molecule has 1 fully saturated rings. The Morgan fingerprint density at radius 2 is 1.50 bits per heavy atom. The molecule has 1 heterocycles. The normalized spacial score (nSPS) is 13.1. The highest BCUT2D eigenvalue weighted by Gasteiger charge is 2.20. The third-order valence-electron chi connectivity index (χ3n) is 5.09. The molecule has 0 bridgehead atoms. The number of halogens is 2. The molecule has 3 rings (SSSR count). The van der Waals surface area contributed by atoms with Gasteiger partial charge in [-0.3, -0.25) is 9.59 Å². The van der Waals surface area contributed by atoms with Crippen LogP contribution in [0, 0.1) is 0 Å². The van der Waals surface area contributed by atoms with Crippen molar-refractivity contribution in [2.24, 2.45) is 0 Å². The largest absolute Gasteiger partial charge is 0.399 e. The van der Waals surface area contributed by atoms with Crippen LogP contribution >= 0.6 is 24.8 Å². The molecule has 6 nitrogen and oxygen atoms in total. The van der Waals surface area contributed by atoms with E-state index < -0.39 is 0 Å². The van der Waals surface area contributed by atoms with E-state index >= 15 is 0 Å². The van der Waals surface area contributed by atoms with Crippen LogP contribution in [0.25, 0.3) is 0 Å². The summed E-state index contributed by atoms with van der Waals surface area (Å²) in [5.74, 6) is 0.0465. The average molecular weight is 453 g/mol. The van der Waals surface area contributed by atoms with Crippen LogP contribution in [-0.2, 0) is 16.0 Å². The quantitative estimate of drug-likeness (QED) is 0.632. The molecular formula is C22H30Cl2N4O2. The van der Waals surface area contributed by atoms with Crippen LogP contribution in [0.4, 0.5) is 11.4 Å². The molecule has 0 aliphatic carbocycles. The maximum absolute atomic E-state index is 12.4. The summed E-state index contributed by atoms with van der Waals surface area (Å²) < 4.78 is 0. The Balaban J connectivity index is 0.00000225. The second-order valence-electron chi connectivity index (χ2n) is 7.00. The van der Waals surface area contributed by atoms with E-state index in [1.165, 1.54) is 5.69 Å². The number of rotatable bonds is 7. The van der Waals surface area contributed by atoms with Crippen LogP contribution in [0.15, 0.2) is 54.6 Å². The van der Waals surface area contributed by atoms with Crippen molar-refractivity contribution in [1.82, 2.24) is 10.2 Å². The predicted octanol–water partition coefficient (Wildman–Crippen LogP) is 2.90. The number of nitrogens with zero attached hydrogens (tertiary/aromatic N) is 2. The maximum Gasteiger partial charge on any atom is 0.224 e. The molecule has 2 amide bonds. The number of nitrogen functional groups attached to an aromatic ring is 1. The van der Waals surface area contributed by atoms with E-state index in [9.17, 15) is 9.59 Å². The third kappa shape index (κ3) is 7.43. The Morgan fingerprint density at radius 1 is 0.867 bits per heavy atom. The van der Waals surface area contributed by atoms with Gasteiger partial charge in [-0.15, -0.1) is 24.8 Å². The standard InChI is InChI=1S/C22H28N4O2.2ClH/c23-20-9-5-4-6-18(20)10-11-21(27)24-13-12-22(28)26-16-14-25(15-17-26)19-7-2-1-3-8-19;;/h1-9H,10-17,23H2,(H,24,27);2*1H. The van der Waals surface area contributed by atoms with Crippen molar-refractivity contribution in [2.45, 2.75) is 19.3 Å². The zero-order valence-corrected chi connectivity index (χ0v) is 18.6. The maximum atomic E-state index is 12.4. The molecule has 0 atom stereocenters. The van der Waals surface area contributed by atoms with Gasteiger partial charge in [0.15, 0.2) is 0 Å². The molecule has 164 valence electrons. The SMILES string of the molecule is Cl.Cl.Nc1ccccc1CCC(=O)NCCC(=O)N1CCN(c2ccccc2)CC1. The summed E-state index contributed by atoms with van der Waals surface area (Å²) in [6.07, 6.45) is 1.32. The fourth-order valence-electron chi connectivity index (χ4n) is 3.42. The molecule has 0 unspecified atom stereocenters. The van der Waals surface area contributed by atoms with Crippen molar-refractivity contribution in [3.63, 3.8) is 0 Å². The Bertz CT molecular complexity index is 797. The third-order valence-corrected chi connectivity index (χ3v) is 5.09. The lowest BCUT2D eigenvalue weighted by molar-refractivity contribution is -0.131. The van der Waals surface area contributed by atoms with E-state index in [-0.39, 0.29) is 36.6 Å². The average Bonchev–Trinajstić information content (AvgIpc) is 2.74. The van der Waals surface area contributed by atoms with Gasteiger partial charge in [-0.1, -0.05) is 36.4 Å². The van der Waals surface area contributed by atoms with E-state index in [0.717, 1.165) is 31.7 Å². The van der Waals surface area contributed by atoms with Gasteiger partial charge in [0.25, 0.3) is 0 Å². The van der Waals surface area contributed by atoms with E-state index in [1.807, 2.05) is 47.4 Å². The molecule has 0 saturated carbocycles. The van der Waals surface area contributed by atoms with Crippen molar-refractivity contribution in [1.29, 1.82) is 0 Å². The summed E-state index contributed by atoms with van der Waals surface area (Å²) in [6.45, 7) is 3.48. The topological polar surface area (TPSA) is 78.7 Å². The summed E-state index contributed by atoms with van der Waals surface area (Å²) in [5, 5.41) is 2.84. The lowest BCUT2D eigenvalue weighted by Crippen LogP contribution is -2.49. The van der Waals surface area contributed by atoms with Crippen molar-refractivity contribution < 1.29 is 9.59 Å². The van der Waals surface area contributed by atoms with Crippen molar-refractivity contribution in [3.8, 4) is 0 Å². The van der Waals surface area contributed by atoms with E-state index in [2.05, 4.69) is 22.3 Å². The van der Waals surface area contributed by atoms with Gasteiger partial charge in [0, 0.05) is 56.9 Å². The van der Waals surface area contributed by atoms with Crippen molar-refractivity contribution >= 4 is 48.0 Å².